The van der Waals surface area contributed by atoms with Crippen molar-refractivity contribution in [3.05, 3.63) is 17.4 Å². The van der Waals surface area contributed by atoms with E-state index in [2.05, 4.69) is 8.86 Å². The smallest absolute Gasteiger partial charge is 0.475 e. The Hall–Kier alpha value is -1.26. The van der Waals surface area contributed by atoms with E-state index in [4.69, 9.17) is 10.6 Å². The molecular weight excluding hydrogens is 152 g/mol. The third-order valence-corrected chi connectivity index (χ3v) is 1.15. The number of aliphatic carboxylic acids is 1. The molecule has 10 heavy (non-hydrogen) atoms. The first-order valence-corrected chi connectivity index (χ1v) is 3.43. The summed E-state index contributed by atoms with van der Waals surface area (Å²) in [7, 11) is -1.01. The van der Waals surface area contributed by atoms with Crippen LogP contribution in [-0.4, -0.2) is 20.6 Å². The number of carboxylic acid groups (broad SMARTS) is 1. The highest BCUT2D eigenvalue weighted by atomic mass is 28.2. The van der Waals surface area contributed by atoms with Crippen LogP contribution in [0.1, 0.15) is 6.92 Å². The highest BCUT2D eigenvalue weighted by molar-refractivity contribution is 6.12. The van der Waals surface area contributed by atoms with Gasteiger partial charge in [0, 0.05) is 0 Å². The molecule has 1 N–H and O–H groups in total. The standard InChI is InChI=1S/C4H6N2O3Si/c1-2-3(4(7)8)9-10-6-5/h2,10H,1H3,(H,7,8). The van der Waals surface area contributed by atoms with Crippen molar-refractivity contribution in [2.75, 3.05) is 0 Å². The molecule has 0 aromatic rings. The molecule has 0 radical (unpaired) electrons. The lowest BCUT2D eigenvalue weighted by Crippen LogP contribution is -2.04. The van der Waals surface area contributed by atoms with E-state index in [9.17, 15) is 4.79 Å². The summed E-state index contributed by atoms with van der Waals surface area (Å²) < 4.78 is 7.19. The Labute approximate surface area is 59.5 Å². The van der Waals surface area contributed by atoms with Gasteiger partial charge >= 0.3 is 15.5 Å². The van der Waals surface area contributed by atoms with Crippen molar-refractivity contribution in [2.45, 2.75) is 6.92 Å². The van der Waals surface area contributed by atoms with Gasteiger partial charge in [-0.2, -0.15) is 0 Å². The molecule has 0 atom stereocenters. The molecule has 0 bridgehead atoms. The lowest BCUT2D eigenvalue weighted by Gasteiger charge is -1.92. The Kier molecular flexibility index (Phi) is 4.02. The number of carboxylic acids is 1. The largest absolute Gasteiger partial charge is 0.705 e. The van der Waals surface area contributed by atoms with Gasteiger partial charge in [-0.1, -0.05) is 0 Å². The summed E-state index contributed by atoms with van der Waals surface area (Å²) in [5.74, 6) is -1.34. The van der Waals surface area contributed by atoms with Gasteiger partial charge in [-0.25, -0.2) is 9.23 Å². The van der Waals surface area contributed by atoms with E-state index in [0.717, 1.165) is 0 Å². The van der Waals surface area contributed by atoms with E-state index >= 15 is 0 Å². The van der Waals surface area contributed by atoms with E-state index in [0.29, 0.717) is 0 Å². The Morgan fingerprint density at radius 3 is 2.80 bits per heavy atom. The summed E-state index contributed by atoms with van der Waals surface area (Å²) in [4.78, 5) is 10.1. The molecule has 0 heterocycles. The zero-order valence-electron chi connectivity index (χ0n) is 5.31. The Morgan fingerprint density at radius 2 is 2.50 bits per heavy atom. The minimum Gasteiger partial charge on any atom is -0.475 e. The number of hydrogen-bond acceptors (Lipinski definition) is 2. The summed E-state index contributed by atoms with van der Waals surface area (Å²) in [5.41, 5.74) is 7.91. The Bertz CT molecular complexity index is 207. The van der Waals surface area contributed by atoms with Crippen molar-refractivity contribution in [1.82, 2.24) is 4.43 Å². The number of carbonyl (C=O) groups is 1. The maximum absolute atomic E-state index is 10.1. The van der Waals surface area contributed by atoms with Gasteiger partial charge < -0.3 is 15.1 Å². The summed E-state index contributed by atoms with van der Waals surface area (Å²) in [6.45, 7) is 1.53. The predicted molar refractivity (Wildman–Crippen MR) is 35.1 cm³/mol. The van der Waals surface area contributed by atoms with Crippen LogP contribution in [0.5, 0.6) is 0 Å². The average Bonchev–Trinajstić information content (AvgIpc) is 1.89. The maximum atomic E-state index is 10.1. The zero-order chi connectivity index (χ0) is 7.98. The Balaban J connectivity index is 4.11. The van der Waals surface area contributed by atoms with Gasteiger partial charge in [0.2, 0.25) is 0 Å². The van der Waals surface area contributed by atoms with Crippen LogP contribution in [0.2, 0.25) is 0 Å². The molecule has 0 aliphatic heterocycles. The van der Waals surface area contributed by atoms with Gasteiger partial charge in [-0.15, -0.1) is 0 Å². The molecule has 6 heteroatoms. The first-order valence-electron chi connectivity index (χ1n) is 2.44. The lowest BCUT2D eigenvalue weighted by atomic mass is 10.5. The van der Waals surface area contributed by atoms with Crippen molar-refractivity contribution >= 4 is 15.5 Å². The number of nitrogens with zero attached hydrogens (tertiary/aromatic N) is 2. The molecule has 0 amide bonds. The normalized spacial score (nSPS) is 9.90. The topological polar surface area (TPSA) is 82.9 Å². The SMILES string of the molecule is CC=C(O[SiH]=[N+]=[N-])C(=O)O. The molecule has 0 fully saturated rings. The first-order chi connectivity index (χ1) is 4.72. The van der Waals surface area contributed by atoms with E-state index < -0.39 is 15.5 Å². The van der Waals surface area contributed by atoms with Crippen molar-refractivity contribution in [2.24, 2.45) is 0 Å². The van der Waals surface area contributed by atoms with Crippen LogP contribution in [0.4, 0.5) is 0 Å². The fourth-order valence-electron chi connectivity index (χ4n) is 0.322. The van der Waals surface area contributed by atoms with Crippen molar-refractivity contribution in [3.63, 3.8) is 0 Å². The molecular formula is C4H6N2O3Si. The molecule has 0 saturated heterocycles. The van der Waals surface area contributed by atoms with Crippen LogP contribution in [0.3, 0.4) is 0 Å². The van der Waals surface area contributed by atoms with Crippen LogP contribution < -0.4 is 4.43 Å². The average molecular weight is 158 g/mol. The second-order valence-corrected chi connectivity index (χ2v) is 1.97. The third kappa shape index (κ3) is 2.90. The molecule has 0 rings (SSSR count). The van der Waals surface area contributed by atoms with Gasteiger partial charge in [-0.05, 0) is 13.0 Å². The number of rotatable bonds is 3. The molecule has 0 unspecified atom stereocenters. The molecule has 0 saturated carbocycles. The monoisotopic (exact) mass is 158 g/mol. The van der Waals surface area contributed by atoms with E-state index in [1.807, 2.05) is 0 Å². The third-order valence-electron chi connectivity index (χ3n) is 0.700. The molecule has 0 aliphatic rings. The summed E-state index contributed by atoms with van der Waals surface area (Å²) >= 11 is 0. The van der Waals surface area contributed by atoms with E-state index in [1.165, 1.54) is 13.0 Å². The molecule has 0 aromatic carbocycles. The van der Waals surface area contributed by atoms with Gasteiger partial charge in [0.1, 0.15) is 0 Å². The van der Waals surface area contributed by atoms with Gasteiger partial charge in [-0.3, -0.25) is 0 Å². The highest BCUT2D eigenvalue weighted by Gasteiger charge is 2.06. The fraction of sp³-hybridized carbons (Fsp3) is 0.250. The summed E-state index contributed by atoms with van der Waals surface area (Å²) in [6, 6.07) is 0. The molecule has 0 spiro atoms. The van der Waals surface area contributed by atoms with Gasteiger partial charge in [0.25, 0.3) is 0 Å². The first kappa shape index (κ1) is 8.74. The van der Waals surface area contributed by atoms with E-state index in [-0.39, 0.29) is 5.76 Å². The van der Waals surface area contributed by atoms with Crippen molar-refractivity contribution in [1.29, 1.82) is 0 Å². The second kappa shape index (κ2) is 4.60. The minimum absolute atomic E-state index is 0.187. The van der Waals surface area contributed by atoms with Crippen molar-refractivity contribution < 1.29 is 14.3 Å². The van der Waals surface area contributed by atoms with Crippen LogP contribution in [0, 0.1) is 0 Å². The lowest BCUT2D eigenvalue weighted by molar-refractivity contribution is -0.135. The van der Waals surface area contributed by atoms with Crippen LogP contribution in [-0.2, 0) is 9.22 Å². The van der Waals surface area contributed by atoms with Gasteiger partial charge in [0.05, 0.1) is 0 Å². The molecule has 54 valence electrons. The van der Waals surface area contributed by atoms with Crippen LogP contribution in [0.15, 0.2) is 11.8 Å². The van der Waals surface area contributed by atoms with Crippen LogP contribution in [0.25, 0.3) is 5.53 Å². The summed E-state index contributed by atoms with van der Waals surface area (Å²) in [6.07, 6.45) is 1.29. The molecule has 5 nitrogen and oxygen atoms in total. The molecule has 0 aliphatic carbocycles. The van der Waals surface area contributed by atoms with E-state index in [1.54, 1.807) is 0 Å². The second-order valence-electron chi connectivity index (χ2n) is 1.30. The molecule has 0 aromatic heterocycles. The number of allylic oxidation sites excluding steroid dienone is 1. The zero-order valence-corrected chi connectivity index (χ0v) is 6.47. The minimum atomic E-state index is -1.15. The summed E-state index contributed by atoms with van der Waals surface area (Å²) in [5, 5.41) is 8.30. The highest BCUT2D eigenvalue weighted by Crippen LogP contribution is 1.92. The van der Waals surface area contributed by atoms with Gasteiger partial charge in [0.15, 0.2) is 5.76 Å². The quantitative estimate of drug-likeness (QED) is 0.200. The maximum Gasteiger partial charge on any atom is 0.705 e. The predicted octanol–water partition coefficient (Wildman–Crippen LogP) is -0.385. The number of hydrogen-bond donors (Lipinski definition) is 1. The Morgan fingerprint density at radius 1 is 1.90 bits per heavy atom. The fourth-order valence-corrected chi connectivity index (χ4v) is 0.720. The van der Waals surface area contributed by atoms with Crippen LogP contribution >= 0.6 is 0 Å². The van der Waals surface area contributed by atoms with Crippen molar-refractivity contribution in [3.8, 4) is 0 Å².